The van der Waals surface area contributed by atoms with Crippen molar-refractivity contribution in [3.63, 3.8) is 0 Å². The van der Waals surface area contributed by atoms with Crippen molar-refractivity contribution >= 4 is 11.7 Å². The van der Waals surface area contributed by atoms with Crippen molar-refractivity contribution in [1.82, 2.24) is 4.90 Å². The number of amides is 2. The van der Waals surface area contributed by atoms with Gasteiger partial charge in [-0.05, 0) is 37.1 Å². The maximum Gasteiger partial charge on any atom is 0.422 e. The van der Waals surface area contributed by atoms with Crippen LogP contribution in [-0.4, -0.2) is 55.1 Å². The van der Waals surface area contributed by atoms with Crippen LogP contribution in [0, 0.1) is 5.92 Å². The van der Waals surface area contributed by atoms with Crippen LogP contribution in [0.25, 0.3) is 0 Å². The van der Waals surface area contributed by atoms with Gasteiger partial charge in [-0.3, -0.25) is 4.90 Å². The number of rotatable bonds is 6. The van der Waals surface area contributed by atoms with Gasteiger partial charge in [-0.25, -0.2) is 4.79 Å². The lowest BCUT2D eigenvalue weighted by atomic mass is 9.99. The molecule has 2 fully saturated rings. The average Bonchev–Trinajstić information content (AvgIpc) is 3.03. The van der Waals surface area contributed by atoms with Crippen molar-refractivity contribution in [2.45, 2.75) is 45.0 Å². The van der Waals surface area contributed by atoms with Gasteiger partial charge in [0.1, 0.15) is 5.75 Å². The molecule has 2 atom stereocenters. The predicted molar refractivity (Wildman–Crippen MR) is 95.0 cm³/mol. The summed E-state index contributed by atoms with van der Waals surface area (Å²) in [4.78, 5) is 16.3. The summed E-state index contributed by atoms with van der Waals surface area (Å²) in [5.41, 5.74) is 0.346. The minimum absolute atomic E-state index is 0.0432. The molecule has 0 N–H and O–H groups in total. The number of hydrogen-bond donors (Lipinski definition) is 0. The highest BCUT2D eigenvalue weighted by molar-refractivity contribution is 5.95. The molecule has 0 unspecified atom stereocenters. The fourth-order valence-electron chi connectivity index (χ4n) is 3.63. The van der Waals surface area contributed by atoms with Crippen LogP contribution in [0.4, 0.5) is 23.7 Å². The minimum atomic E-state index is -4.38. The fraction of sp³-hybridized carbons (Fsp3) is 0.632. The molecule has 8 heteroatoms. The molecule has 0 aromatic heterocycles. The van der Waals surface area contributed by atoms with Gasteiger partial charge in [0.15, 0.2) is 6.61 Å². The topological polar surface area (TPSA) is 42.0 Å². The third-order valence-corrected chi connectivity index (χ3v) is 4.88. The first-order valence-electron chi connectivity index (χ1n) is 9.08. The van der Waals surface area contributed by atoms with Gasteiger partial charge in [0.05, 0.1) is 18.2 Å². The fourth-order valence-corrected chi connectivity index (χ4v) is 3.63. The van der Waals surface area contributed by atoms with E-state index in [1.54, 1.807) is 17.0 Å². The molecule has 2 amide bonds. The second-order valence-corrected chi connectivity index (χ2v) is 7.93. The van der Waals surface area contributed by atoms with Crippen LogP contribution < -0.4 is 9.64 Å². The van der Waals surface area contributed by atoms with E-state index in [0.29, 0.717) is 31.3 Å². The number of urea groups is 1. The van der Waals surface area contributed by atoms with Crippen molar-refractivity contribution in [3.8, 4) is 5.75 Å². The zero-order chi connectivity index (χ0) is 19.8. The summed E-state index contributed by atoms with van der Waals surface area (Å²) in [5, 5.41) is 0. The Hall–Kier alpha value is -1.96. The van der Waals surface area contributed by atoms with Crippen LogP contribution in [0.3, 0.4) is 0 Å². The molecule has 2 heterocycles. The Morgan fingerprint density at radius 3 is 2.48 bits per heavy atom. The second kappa shape index (κ2) is 7.22. The normalized spacial score (nSPS) is 25.4. The summed E-state index contributed by atoms with van der Waals surface area (Å²) in [7, 11) is 0. The van der Waals surface area contributed by atoms with Gasteiger partial charge >= 0.3 is 12.2 Å². The first-order valence-corrected chi connectivity index (χ1v) is 9.08. The highest BCUT2D eigenvalue weighted by Gasteiger charge is 2.53. The Balaban J connectivity index is 1.63. The SMILES string of the molecule is CC(C)CO[C@@H]1CN2C(=O)N(c3ccc(OCC(F)(F)F)cc3)C[C@@]2(C)C1. The van der Waals surface area contributed by atoms with Crippen LogP contribution in [0.1, 0.15) is 27.2 Å². The van der Waals surface area contributed by atoms with E-state index in [-0.39, 0.29) is 23.4 Å². The molecule has 0 saturated carbocycles. The molecule has 3 rings (SSSR count). The quantitative estimate of drug-likeness (QED) is 0.740. The Bertz CT molecular complexity index is 678. The molecule has 5 nitrogen and oxygen atoms in total. The minimum Gasteiger partial charge on any atom is -0.484 e. The summed E-state index contributed by atoms with van der Waals surface area (Å²) in [6.45, 7) is 6.65. The van der Waals surface area contributed by atoms with Crippen LogP contribution >= 0.6 is 0 Å². The molecular formula is C19H25F3N2O3. The van der Waals surface area contributed by atoms with E-state index in [4.69, 9.17) is 9.47 Å². The monoisotopic (exact) mass is 386 g/mol. The number of benzene rings is 1. The molecule has 150 valence electrons. The number of alkyl halides is 3. The van der Waals surface area contributed by atoms with Gasteiger partial charge < -0.3 is 14.4 Å². The van der Waals surface area contributed by atoms with Gasteiger partial charge in [-0.1, -0.05) is 13.8 Å². The first-order chi connectivity index (χ1) is 12.6. The second-order valence-electron chi connectivity index (χ2n) is 7.93. The number of carbonyl (C=O) groups is 1. The van der Waals surface area contributed by atoms with Gasteiger partial charge in [-0.15, -0.1) is 0 Å². The lowest BCUT2D eigenvalue weighted by Gasteiger charge is -2.24. The summed E-state index contributed by atoms with van der Waals surface area (Å²) in [5.74, 6) is 0.565. The van der Waals surface area contributed by atoms with E-state index in [9.17, 15) is 18.0 Å². The largest absolute Gasteiger partial charge is 0.484 e. The van der Waals surface area contributed by atoms with Gasteiger partial charge in [-0.2, -0.15) is 13.2 Å². The summed E-state index contributed by atoms with van der Waals surface area (Å²) in [6, 6.07) is 6.03. The van der Waals surface area contributed by atoms with E-state index in [2.05, 4.69) is 13.8 Å². The maximum atomic E-state index is 12.8. The van der Waals surface area contributed by atoms with Crippen LogP contribution in [0.2, 0.25) is 0 Å². The third kappa shape index (κ3) is 4.48. The lowest BCUT2D eigenvalue weighted by Crippen LogP contribution is -2.38. The number of ether oxygens (including phenoxy) is 2. The van der Waals surface area contributed by atoms with E-state index < -0.39 is 12.8 Å². The van der Waals surface area contributed by atoms with Crippen LogP contribution in [0.15, 0.2) is 24.3 Å². The number of anilines is 1. The molecule has 0 bridgehead atoms. The molecule has 2 aliphatic heterocycles. The molecule has 0 radical (unpaired) electrons. The summed E-state index contributed by atoms with van der Waals surface area (Å²) < 4.78 is 47.3. The van der Waals surface area contributed by atoms with Crippen LogP contribution in [-0.2, 0) is 4.74 Å². The zero-order valence-electron chi connectivity index (χ0n) is 15.8. The smallest absolute Gasteiger partial charge is 0.422 e. The number of fused-ring (bicyclic) bond motifs is 1. The van der Waals surface area contributed by atoms with E-state index in [1.165, 1.54) is 12.1 Å². The maximum absolute atomic E-state index is 12.8. The van der Waals surface area contributed by atoms with Crippen molar-refractivity contribution in [2.24, 2.45) is 5.92 Å². The van der Waals surface area contributed by atoms with Crippen LogP contribution in [0.5, 0.6) is 5.75 Å². The number of hydrogen-bond acceptors (Lipinski definition) is 3. The van der Waals surface area contributed by atoms with E-state index in [1.807, 2.05) is 11.8 Å². The number of carbonyl (C=O) groups excluding carboxylic acids is 1. The predicted octanol–water partition coefficient (Wildman–Crippen LogP) is 4.07. The lowest BCUT2D eigenvalue weighted by molar-refractivity contribution is -0.153. The van der Waals surface area contributed by atoms with E-state index in [0.717, 1.165) is 6.42 Å². The van der Waals surface area contributed by atoms with Gasteiger partial charge in [0.2, 0.25) is 0 Å². The molecule has 0 spiro atoms. The highest BCUT2D eigenvalue weighted by atomic mass is 19.4. The molecule has 1 aromatic rings. The Kier molecular flexibility index (Phi) is 5.29. The zero-order valence-corrected chi connectivity index (χ0v) is 15.8. The highest BCUT2D eigenvalue weighted by Crippen LogP contribution is 2.39. The Morgan fingerprint density at radius 2 is 1.93 bits per heavy atom. The Labute approximate surface area is 157 Å². The standard InChI is InChI=1S/C19H25F3N2O3/c1-13(2)10-26-16-8-18(3)11-23(17(25)24(18)9-16)14-4-6-15(7-5-14)27-12-19(20,21)22/h4-7,13,16H,8-12H2,1-3H3/t16-,18+/m0/s1. The third-order valence-electron chi connectivity index (χ3n) is 4.88. The van der Waals surface area contributed by atoms with Gasteiger partial charge in [0, 0.05) is 25.3 Å². The molecule has 1 aromatic carbocycles. The molecular weight excluding hydrogens is 361 g/mol. The Morgan fingerprint density at radius 1 is 1.26 bits per heavy atom. The van der Waals surface area contributed by atoms with Crippen molar-refractivity contribution in [1.29, 1.82) is 0 Å². The van der Waals surface area contributed by atoms with Crippen molar-refractivity contribution in [2.75, 3.05) is 31.2 Å². The first kappa shape index (κ1) is 19.8. The van der Waals surface area contributed by atoms with E-state index >= 15 is 0 Å². The molecule has 2 aliphatic rings. The number of halogens is 3. The average molecular weight is 386 g/mol. The molecule has 0 aliphatic carbocycles. The van der Waals surface area contributed by atoms with Crippen molar-refractivity contribution < 1.29 is 27.4 Å². The molecule has 2 saturated heterocycles. The number of nitrogens with zero attached hydrogens (tertiary/aromatic N) is 2. The summed E-state index contributed by atoms with van der Waals surface area (Å²) >= 11 is 0. The van der Waals surface area contributed by atoms with Gasteiger partial charge in [0.25, 0.3) is 0 Å². The summed E-state index contributed by atoms with van der Waals surface area (Å²) in [6.07, 6.45) is -3.56. The van der Waals surface area contributed by atoms with Crippen molar-refractivity contribution in [3.05, 3.63) is 24.3 Å². The molecule has 27 heavy (non-hydrogen) atoms.